The van der Waals surface area contributed by atoms with Gasteiger partial charge in [-0.2, -0.15) is 5.26 Å². The van der Waals surface area contributed by atoms with Gasteiger partial charge in [0.05, 0.1) is 5.69 Å². The lowest BCUT2D eigenvalue weighted by atomic mass is 9.91. The normalized spacial score (nSPS) is 10.7. The van der Waals surface area contributed by atoms with Gasteiger partial charge in [0, 0.05) is 18.0 Å². The highest BCUT2D eigenvalue weighted by molar-refractivity contribution is 5.78. The van der Waals surface area contributed by atoms with Crippen LogP contribution >= 0.6 is 0 Å². The van der Waals surface area contributed by atoms with Crippen molar-refractivity contribution in [2.45, 2.75) is 5.92 Å². The number of nitriles is 1. The quantitative estimate of drug-likeness (QED) is 0.532. The average Bonchev–Trinajstić information content (AvgIpc) is 2.89. The number of anilines is 1. The zero-order valence-corrected chi connectivity index (χ0v) is 14.8. The molecule has 2 aliphatic rings. The Labute approximate surface area is 159 Å². The summed E-state index contributed by atoms with van der Waals surface area (Å²) in [4.78, 5) is 4.65. The zero-order valence-electron chi connectivity index (χ0n) is 14.8. The van der Waals surface area contributed by atoms with Gasteiger partial charge < -0.3 is 5.32 Å². The van der Waals surface area contributed by atoms with Crippen molar-refractivity contribution in [1.29, 1.82) is 5.26 Å². The predicted octanol–water partition coefficient (Wildman–Crippen LogP) is 5.30. The van der Waals surface area contributed by atoms with Gasteiger partial charge in [0.25, 0.3) is 0 Å². The predicted molar refractivity (Wildman–Crippen MR) is 109 cm³/mol. The summed E-state index contributed by atoms with van der Waals surface area (Å²) in [6.07, 6.45) is 0. The van der Waals surface area contributed by atoms with Crippen LogP contribution in [-0.2, 0) is 0 Å². The van der Waals surface area contributed by atoms with Crippen molar-refractivity contribution < 1.29 is 0 Å². The molecular formula is C24H19N3. The molecule has 2 aromatic carbocycles. The topological polar surface area (TPSA) is 48.7 Å². The molecule has 0 unspecified atom stereocenters. The van der Waals surface area contributed by atoms with Gasteiger partial charge >= 0.3 is 0 Å². The monoisotopic (exact) mass is 349 g/mol. The van der Waals surface area contributed by atoms with Gasteiger partial charge in [-0.25, -0.2) is 4.98 Å². The van der Waals surface area contributed by atoms with Crippen LogP contribution in [0.2, 0.25) is 0 Å². The number of nitrogens with one attached hydrogen (secondary N) is 1. The van der Waals surface area contributed by atoms with E-state index in [9.17, 15) is 5.26 Å². The van der Waals surface area contributed by atoms with Crippen molar-refractivity contribution in [3.63, 3.8) is 0 Å². The van der Waals surface area contributed by atoms with Crippen molar-refractivity contribution in [1.82, 2.24) is 4.98 Å². The second-order valence-electron chi connectivity index (χ2n) is 6.41. The first-order valence-corrected chi connectivity index (χ1v) is 8.99. The highest BCUT2D eigenvalue weighted by Crippen LogP contribution is 2.32. The minimum atomic E-state index is 0.176. The van der Waals surface area contributed by atoms with E-state index in [1.165, 1.54) is 11.1 Å². The molecule has 0 fully saturated rings. The van der Waals surface area contributed by atoms with Gasteiger partial charge in [0.15, 0.2) is 0 Å². The largest absolute Gasteiger partial charge is 0.368 e. The third kappa shape index (κ3) is 3.51. The summed E-state index contributed by atoms with van der Waals surface area (Å²) in [7, 11) is 0. The minimum absolute atomic E-state index is 0.176. The SMILES string of the molecule is N#Cc1c2cccccc-2nc1NCC(c1ccccc1)c1ccccc1. The fourth-order valence-electron chi connectivity index (χ4n) is 3.39. The van der Waals surface area contributed by atoms with Gasteiger partial charge in [-0.15, -0.1) is 0 Å². The molecule has 2 aromatic rings. The molecule has 4 rings (SSSR count). The minimum Gasteiger partial charge on any atom is -0.368 e. The van der Waals surface area contributed by atoms with Crippen molar-refractivity contribution in [2.24, 2.45) is 0 Å². The maximum absolute atomic E-state index is 9.66. The first-order chi connectivity index (χ1) is 13.4. The van der Waals surface area contributed by atoms with Crippen LogP contribution in [0.15, 0.2) is 91.0 Å². The molecule has 27 heavy (non-hydrogen) atoms. The smallest absolute Gasteiger partial charge is 0.145 e. The van der Waals surface area contributed by atoms with Crippen LogP contribution in [0.4, 0.5) is 5.82 Å². The molecule has 1 N–H and O–H groups in total. The summed E-state index contributed by atoms with van der Waals surface area (Å²) in [5.41, 5.74) is 4.77. The van der Waals surface area contributed by atoms with Crippen LogP contribution in [0.1, 0.15) is 22.6 Å². The Morgan fingerprint density at radius 1 is 0.778 bits per heavy atom. The van der Waals surface area contributed by atoms with E-state index in [4.69, 9.17) is 0 Å². The van der Waals surface area contributed by atoms with Gasteiger partial charge in [0.1, 0.15) is 17.5 Å². The number of hydrogen-bond acceptors (Lipinski definition) is 3. The van der Waals surface area contributed by atoms with Crippen molar-refractivity contribution >= 4 is 5.82 Å². The summed E-state index contributed by atoms with van der Waals surface area (Å²) >= 11 is 0. The molecule has 0 amide bonds. The summed E-state index contributed by atoms with van der Waals surface area (Å²) in [6, 6.07) is 32.8. The number of aromatic nitrogens is 1. The Morgan fingerprint density at radius 2 is 1.33 bits per heavy atom. The molecule has 3 heteroatoms. The molecule has 1 aliphatic heterocycles. The lowest BCUT2D eigenvalue weighted by Crippen LogP contribution is -2.14. The van der Waals surface area contributed by atoms with Crippen molar-refractivity contribution in [2.75, 3.05) is 11.9 Å². The molecule has 0 bridgehead atoms. The molecule has 1 aliphatic carbocycles. The third-order valence-electron chi connectivity index (χ3n) is 4.74. The Balaban J connectivity index is 1.67. The van der Waals surface area contributed by atoms with E-state index in [-0.39, 0.29) is 5.92 Å². The van der Waals surface area contributed by atoms with Gasteiger partial charge in [0.2, 0.25) is 0 Å². The Bertz CT molecular complexity index is 996. The summed E-state index contributed by atoms with van der Waals surface area (Å²) in [6.45, 7) is 0.665. The number of nitrogens with zero attached hydrogens (tertiary/aromatic N) is 2. The maximum Gasteiger partial charge on any atom is 0.145 e. The first kappa shape index (κ1) is 16.8. The van der Waals surface area contributed by atoms with Crippen molar-refractivity contribution in [3.05, 3.63) is 108 Å². The Kier molecular flexibility index (Phi) is 4.80. The van der Waals surface area contributed by atoms with Crippen LogP contribution in [0, 0.1) is 11.3 Å². The van der Waals surface area contributed by atoms with Crippen LogP contribution in [0.25, 0.3) is 11.3 Å². The van der Waals surface area contributed by atoms with Crippen LogP contribution in [-0.4, -0.2) is 11.5 Å². The van der Waals surface area contributed by atoms with E-state index in [0.717, 1.165) is 11.3 Å². The van der Waals surface area contributed by atoms with Gasteiger partial charge in [-0.1, -0.05) is 84.9 Å². The van der Waals surface area contributed by atoms with Gasteiger partial charge in [-0.05, 0) is 17.2 Å². The molecule has 0 spiro atoms. The van der Waals surface area contributed by atoms with Crippen LogP contribution in [0.3, 0.4) is 0 Å². The Morgan fingerprint density at radius 3 is 1.93 bits per heavy atom. The molecule has 1 heterocycles. The average molecular weight is 349 g/mol. The molecule has 3 nitrogen and oxygen atoms in total. The molecule has 0 saturated heterocycles. The number of rotatable bonds is 5. The maximum atomic E-state index is 9.66. The summed E-state index contributed by atoms with van der Waals surface area (Å²) in [5.74, 6) is 0.824. The van der Waals surface area contributed by atoms with Crippen molar-refractivity contribution in [3.8, 4) is 17.3 Å². The molecule has 0 atom stereocenters. The summed E-state index contributed by atoms with van der Waals surface area (Å²) in [5, 5.41) is 13.1. The van der Waals surface area contributed by atoms with E-state index in [0.29, 0.717) is 17.9 Å². The van der Waals surface area contributed by atoms with Crippen LogP contribution in [0.5, 0.6) is 0 Å². The second kappa shape index (κ2) is 7.72. The number of hydrogen-bond donors (Lipinski definition) is 1. The summed E-state index contributed by atoms with van der Waals surface area (Å²) < 4.78 is 0. The number of fused-ring (bicyclic) bond motifs is 1. The second-order valence-corrected chi connectivity index (χ2v) is 6.41. The highest BCUT2D eigenvalue weighted by Gasteiger charge is 2.19. The van der Waals surface area contributed by atoms with E-state index < -0.39 is 0 Å². The number of benzene rings is 2. The van der Waals surface area contributed by atoms with Gasteiger partial charge in [-0.3, -0.25) is 0 Å². The fraction of sp³-hybridized carbons (Fsp3) is 0.0833. The third-order valence-corrected chi connectivity index (χ3v) is 4.74. The van der Waals surface area contributed by atoms with E-state index in [1.54, 1.807) is 0 Å². The molecule has 130 valence electrons. The Hall–Kier alpha value is -3.64. The standard InChI is InChI=1S/C24H19N3/c25-16-21-20-14-8-3-9-15-23(20)27-24(21)26-17-22(18-10-4-1-5-11-18)19-12-6-2-7-13-19/h1-15,22H,17H2,(H,26,27). The fourth-order valence-corrected chi connectivity index (χ4v) is 3.39. The molecular weight excluding hydrogens is 330 g/mol. The van der Waals surface area contributed by atoms with E-state index >= 15 is 0 Å². The first-order valence-electron chi connectivity index (χ1n) is 8.99. The van der Waals surface area contributed by atoms with E-state index in [2.05, 4.69) is 64.9 Å². The lowest BCUT2D eigenvalue weighted by Gasteiger charge is -2.19. The zero-order chi connectivity index (χ0) is 18.5. The molecule has 0 radical (unpaired) electrons. The molecule has 0 aromatic heterocycles. The highest BCUT2D eigenvalue weighted by atomic mass is 15.0. The molecule has 0 saturated carbocycles. The van der Waals surface area contributed by atoms with Crippen LogP contribution < -0.4 is 5.32 Å². The lowest BCUT2D eigenvalue weighted by molar-refractivity contribution is 0.849. The van der Waals surface area contributed by atoms with E-state index in [1.807, 2.05) is 42.5 Å².